The minimum atomic E-state index is 1.12. The zero-order valence-corrected chi connectivity index (χ0v) is 21.2. The van der Waals surface area contributed by atoms with Crippen molar-refractivity contribution in [3.8, 4) is 0 Å². The minimum absolute atomic E-state index is 1.12. The molecule has 0 fully saturated rings. The van der Waals surface area contributed by atoms with E-state index in [1.165, 1.54) is 89.9 Å². The molecule has 0 unspecified atom stereocenters. The molecular weight excluding hydrogens is 374 g/mol. The highest BCUT2D eigenvalue weighted by atomic mass is 14.9. The van der Waals surface area contributed by atoms with Gasteiger partial charge in [0.25, 0.3) is 0 Å². The van der Waals surface area contributed by atoms with Crippen LogP contribution in [0.2, 0.25) is 0 Å². The Kier molecular flexibility index (Phi) is 23.1. The fourth-order valence-corrected chi connectivity index (χ4v) is 3.27. The first kappa shape index (κ1) is 29.2. The van der Waals surface area contributed by atoms with Gasteiger partial charge in [-0.15, -0.1) is 0 Å². The molecule has 1 nitrogen and oxygen atoms in total. The minimum Gasteiger partial charge on any atom is -0.356 e. The van der Waals surface area contributed by atoms with E-state index in [2.05, 4.69) is 33.0 Å². The SMILES string of the molecule is CCCCCCCCC.CCCCCCCCC.c1ccc(Nc2ccccc2)cc1. The normalized spacial score (nSPS) is 9.81. The third kappa shape index (κ3) is 21.3. The summed E-state index contributed by atoms with van der Waals surface area (Å²) in [7, 11) is 0. The van der Waals surface area contributed by atoms with Crippen LogP contribution in [-0.2, 0) is 0 Å². The molecule has 2 aromatic carbocycles. The van der Waals surface area contributed by atoms with E-state index in [0.717, 1.165) is 11.4 Å². The molecule has 1 heteroatoms. The van der Waals surface area contributed by atoms with E-state index in [9.17, 15) is 0 Å². The van der Waals surface area contributed by atoms with Crippen molar-refractivity contribution in [3.63, 3.8) is 0 Å². The average molecular weight is 426 g/mol. The van der Waals surface area contributed by atoms with E-state index in [1.807, 2.05) is 60.7 Å². The second-order valence-electron chi connectivity index (χ2n) is 8.39. The summed E-state index contributed by atoms with van der Waals surface area (Å²) in [6, 6.07) is 20.3. The topological polar surface area (TPSA) is 12.0 Å². The molecule has 0 amide bonds. The number of para-hydroxylation sites is 2. The maximum atomic E-state index is 3.30. The van der Waals surface area contributed by atoms with Crippen molar-refractivity contribution in [2.45, 2.75) is 118 Å². The summed E-state index contributed by atoms with van der Waals surface area (Å²) in [5.41, 5.74) is 2.24. The van der Waals surface area contributed by atoms with Crippen LogP contribution in [0.4, 0.5) is 11.4 Å². The summed E-state index contributed by atoms with van der Waals surface area (Å²) in [5, 5.41) is 3.30. The molecule has 0 atom stereocenters. The first-order valence-electron chi connectivity index (χ1n) is 13.1. The lowest BCUT2D eigenvalue weighted by Crippen LogP contribution is -1.87. The molecule has 0 aliphatic rings. The van der Waals surface area contributed by atoms with E-state index < -0.39 is 0 Å². The maximum absolute atomic E-state index is 3.30. The number of unbranched alkanes of at least 4 members (excludes halogenated alkanes) is 12. The lowest BCUT2D eigenvalue weighted by atomic mass is 10.1. The molecule has 0 bridgehead atoms. The molecular formula is C30H51N. The lowest BCUT2D eigenvalue weighted by Gasteiger charge is -2.04. The first-order chi connectivity index (χ1) is 15.3. The smallest absolute Gasteiger partial charge is 0.0384 e. The predicted octanol–water partition coefficient (Wildman–Crippen LogP) is 10.9. The predicted molar refractivity (Wildman–Crippen MR) is 144 cm³/mol. The Balaban J connectivity index is 0.000000452. The molecule has 0 aliphatic heterocycles. The number of anilines is 2. The van der Waals surface area contributed by atoms with Crippen LogP contribution in [0.15, 0.2) is 60.7 Å². The molecule has 1 N–H and O–H groups in total. The van der Waals surface area contributed by atoms with Crippen LogP contribution in [0.25, 0.3) is 0 Å². The van der Waals surface area contributed by atoms with Gasteiger partial charge in [0.2, 0.25) is 0 Å². The summed E-state index contributed by atoms with van der Waals surface area (Å²) in [5.74, 6) is 0. The van der Waals surface area contributed by atoms with E-state index >= 15 is 0 Å². The van der Waals surface area contributed by atoms with Crippen molar-refractivity contribution in [1.82, 2.24) is 0 Å². The zero-order valence-electron chi connectivity index (χ0n) is 21.2. The van der Waals surface area contributed by atoms with Gasteiger partial charge in [-0.3, -0.25) is 0 Å². The van der Waals surface area contributed by atoms with Gasteiger partial charge in [0.05, 0.1) is 0 Å². The second kappa shape index (κ2) is 24.5. The van der Waals surface area contributed by atoms with Crippen molar-refractivity contribution in [2.75, 3.05) is 5.32 Å². The Morgan fingerprint density at radius 2 is 0.645 bits per heavy atom. The summed E-state index contributed by atoms with van der Waals surface area (Å²) >= 11 is 0. The third-order valence-electron chi connectivity index (χ3n) is 5.25. The fraction of sp³-hybridized carbons (Fsp3) is 0.600. The van der Waals surface area contributed by atoms with Gasteiger partial charge in [0.15, 0.2) is 0 Å². The van der Waals surface area contributed by atoms with Gasteiger partial charge in [-0.25, -0.2) is 0 Å². The summed E-state index contributed by atoms with van der Waals surface area (Å²) in [4.78, 5) is 0. The Labute approximate surface area is 195 Å². The third-order valence-corrected chi connectivity index (χ3v) is 5.25. The van der Waals surface area contributed by atoms with Crippen LogP contribution in [0.1, 0.15) is 118 Å². The molecule has 2 aromatic rings. The average Bonchev–Trinajstić information content (AvgIpc) is 2.81. The fourth-order valence-electron chi connectivity index (χ4n) is 3.27. The van der Waals surface area contributed by atoms with E-state index in [-0.39, 0.29) is 0 Å². The Hall–Kier alpha value is -1.76. The van der Waals surface area contributed by atoms with E-state index in [1.54, 1.807) is 0 Å². The molecule has 31 heavy (non-hydrogen) atoms. The van der Waals surface area contributed by atoms with E-state index in [0.29, 0.717) is 0 Å². The van der Waals surface area contributed by atoms with Gasteiger partial charge in [-0.2, -0.15) is 0 Å². The Morgan fingerprint density at radius 3 is 0.903 bits per heavy atom. The summed E-state index contributed by atoms with van der Waals surface area (Å²) < 4.78 is 0. The number of rotatable bonds is 14. The molecule has 176 valence electrons. The Morgan fingerprint density at radius 1 is 0.387 bits per heavy atom. The second-order valence-corrected chi connectivity index (χ2v) is 8.39. The van der Waals surface area contributed by atoms with Crippen LogP contribution in [0.3, 0.4) is 0 Å². The maximum Gasteiger partial charge on any atom is 0.0384 e. The molecule has 0 saturated heterocycles. The van der Waals surface area contributed by atoms with E-state index in [4.69, 9.17) is 0 Å². The van der Waals surface area contributed by atoms with Crippen LogP contribution >= 0.6 is 0 Å². The number of benzene rings is 2. The van der Waals surface area contributed by atoms with Crippen molar-refractivity contribution in [3.05, 3.63) is 60.7 Å². The molecule has 0 saturated carbocycles. The molecule has 0 heterocycles. The Bertz CT molecular complexity index is 486. The molecule has 2 rings (SSSR count). The summed E-state index contributed by atoms with van der Waals surface area (Å²) in [6.07, 6.45) is 19.9. The quantitative estimate of drug-likeness (QED) is 0.297. The zero-order chi connectivity index (χ0) is 22.8. The first-order valence-corrected chi connectivity index (χ1v) is 13.1. The molecule has 0 aromatic heterocycles. The van der Waals surface area contributed by atoms with Gasteiger partial charge in [0.1, 0.15) is 0 Å². The van der Waals surface area contributed by atoms with Crippen LogP contribution < -0.4 is 5.32 Å². The van der Waals surface area contributed by atoms with Crippen LogP contribution in [-0.4, -0.2) is 0 Å². The van der Waals surface area contributed by atoms with Gasteiger partial charge in [0, 0.05) is 11.4 Å². The van der Waals surface area contributed by atoms with Crippen molar-refractivity contribution < 1.29 is 0 Å². The standard InChI is InChI=1S/C12H11N.2C9H20/c1-3-7-11(8-4-1)13-12-9-5-2-6-10-12;2*1-3-5-7-9-8-6-4-2/h1-10,13H;2*3-9H2,1-2H3. The molecule has 0 aliphatic carbocycles. The molecule has 0 radical (unpaired) electrons. The molecule has 0 spiro atoms. The number of nitrogens with one attached hydrogen (secondary N) is 1. The number of hydrogen-bond donors (Lipinski definition) is 1. The van der Waals surface area contributed by atoms with Gasteiger partial charge >= 0.3 is 0 Å². The van der Waals surface area contributed by atoms with Crippen LogP contribution in [0, 0.1) is 0 Å². The lowest BCUT2D eigenvalue weighted by molar-refractivity contribution is 0.602. The number of hydrogen-bond acceptors (Lipinski definition) is 1. The van der Waals surface area contributed by atoms with Gasteiger partial charge in [-0.1, -0.05) is 154 Å². The van der Waals surface area contributed by atoms with Crippen LogP contribution in [0.5, 0.6) is 0 Å². The highest BCUT2D eigenvalue weighted by Crippen LogP contribution is 2.14. The monoisotopic (exact) mass is 425 g/mol. The van der Waals surface area contributed by atoms with Gasteiger partial charge in [-0.05, 0) is 24.3 Å². The van der Waals surface area contributed by atoms with Gasteiger partial charge < -0.3 is 5.32 Å². The highest BCUT2D eigenvalue weighted by molar-refractivity contribution is 5.58. The highest BCUT2D eigenvalue weighted by Gasteiger charge is 1.90. The van der Waals surface area contributed by atoms with Crippen molar-refractivity contribution in [1.29, 1.82) is 0 Å². The van der Waals surface area contributed by atoms with Crippen molar-refractivity contribution >= 4 is 11.4 Å². The largest absolute Gasteiger partial charge is 0.356 e. The van der Waals surface area contributed by atoms with Crippen molar-refractivity contribution in [2.24, 2.45) is 0 Å². The summed E-state index contributed by atoms with van der Waals surface area (Å²) in [6.45, 7) is 9.05.